The van der Waals surface area contributed by atoms with E-state index in [-0.39, 0.29) is 0 Å². The smallest absolute Gasteiger partial charge is 0.110 e. The summed E-state index contributed by atoms with van der Waals surface area (Å²) >= 11 is 0. The van der Waals surface area contributed by atoms with E-state index in [0.29, 0.717) is 0 Å². The van der Waals surface area contributed by atoms with Gasteiger partial charge in [0.05, 0.1) is 20.3 Å². The first-order valence-corrected chi connectivity index (χ1v) is 10.8. The van der Waals surface area contributed by atoms with Gasteiger partial charge in [-0.1, -0.05) is 62.1 Å². The number of fused-ring (bicyclic) bond motifs is 1. The Labute approximate surface area is 118 Å². The average Bonchev–Trinajstić information content (AvgIpc) is 2.25. The quantitative estimate of drug-likeness (QED) is 0.575. The van der Waals surface area contributed by atoms with Crippen molar-refractivity contribution in [1.82, 2.24) is 0 Å². The number of quaternary nitrogens is 1. The Bertz CT molecular complexity index is 561. The summed E-state index contributed by atoms with van der Waals surface area (Å²) in [6, 6.07) is 15.4. The van der Waals surface area contributed by atoms with E-state index >= 15 is 0 Å². The first-order valence-electron chi connectivity index (χ1n) is 7.06. The number of hydrogen-bond donors (Lipinski definition) is 0. The van der Waals surface area contributed by atoms with Crippen LogP contribution in [0.3, 0.4) is 0 Å². The molecule has 2 aromatic rings. The Morgan fingerprint density at radius 2 is 1.53 bits per heavy atom. The minimum absolute atomic E-state index is 1.04. The van der Waals surface area contributed by atoms with Crippen molar-refractivity contribution in [2.45, 2.75) is 26.2 Å². The van der Waals surface area contributed by atoms with Crippen molar-refractivity contribution in [3.05, 3.63) is 48.0 Å². The van der Waals surface area contributed by atoms with E-state index in [1.807, 2.05) is 0 Å². The van der Waals surface area contributed by atoms with E-state index < -0.39 is 8.07 Å². The second-order valence-corrected chi connectivity index (χ2v) is 12.9. The van der Waals surface area contributed by atoms with Crippen molar-refractivity contribution in [2.75, 3.05) is 20.3 Å². The Kier molecular flexibility index (Phi) is 3.84. The maximum Gasteiger partial charge on any atom is 0.110 e. The van der Waals surface area contributed by atoms with Gasteiger partial charge >= 0.3 is 0 Å². The van der Waals surface area contributed by atoms with E-state index in [9.17, 15) is 0 Å². The van der Waals surface area contributed by atoms with Gasteiger partial charge in [0.2, 0.25) is 0 Å². The third-order valence-electron chi connectivity index (χ3n) is 3.38. The number of hydrogen-bond acceptors (Lipinski definition) is 0. The first-order chi connectivity index (χ1) is 8.77. The molecule has 0 amide bonds. The molecule has 2 heteroatoms. The topological polar surface area (TPSA) is 0 Å². The molecule has 2 aromatic carbocycles. The zero-order chi connectivity index (χ0) is 14.1. The molecule has 0 atom stereocenters. The van der Waals surface area contributed by atoms with Gasteiger partial charge in [-0.15, -0.1) is 0 Å². The van der Waals surface area contributed by atoms with Gasteiger partial charge in [0.15, 0.2) is 0 Å². The molecule has 0 aliphatic heterocycles. The van der Waals surface area contributed by atoms with Crippen LogP contribution in [0.5, 0.6) is 0 Å². The fraction of sp³-hybridized carbons (Fsp3) is 0.412. The van der Waals surface area contributed by atoms with Gasteiger partial charge < -0.3 is 4.48 Å². The van der Waals surface area contributed by atoms with Crippen LogP contribution in [0, 0.1) is 0 Å². The monoisotopic (exact) mass is 272 g/mol. The maximum absolute atomic E-state index is 2.45. The summed E-state index contributed by atoms with van der Waals surface area (Å²) < 4.78 is 1.09. The lowest BCUT2D eigenvalue weighted by Gasteiger charge is -2.35. The van der Waals surface area contributed by atoms with Crippen LogP contribution in [0.2, 0.25) is 19.6 Å². The van der Waals surface area contributed by atoms with Crippen LogP contribution in [-0.2, 0) is 6.54 Å². The molecule has 0 saturated carbocycles. The fourth-order valence-electron chi connectivity index (χ4n) is 3.23. The SMILES string of the molecule is C[N+](C)(Cc1cccc2ccccc12)C[Si](C)(C)C. The molecule has 1 nitrogen and oxygen atoms in total. The van der Waals surface area contributed by atoms with E-state index in [2.05, 4.69) is 76.2 Å². The molecule has 0 spiro atoms. The minimum Gasteiger partial charge on any atom is -0.328 e. The number of benzene rings is 2. The molecule has 0 heterocycles. The summed E-state index contributed by atoms with van der Waals surface area (Å²) in [6.45, 7) is 8.48. The molecule has 0 N–H and O–H groups in total. The van der Waals surface area contributed by atoms with Crippen molar-refractivity contribution in [3.8, 4) is 0 Å². The summed E-state index contributed by atoms with van der Waals surface area (Å²) in [5.41, 5.74) is 1.47. The third kappa shape index (κ3) is 3.92. The Morgan fingerprint density at radius 1 is 0.895 bits per heavy atom. The standard InChI is InChI=1S/C17H26NSi/c1-18(2,14-19(3,4)5)13-16-11-8-10-15-9-6-7-12-17(15)16/h6-12H,13-14H2,1-5H3/q+1. The number of nitrogens with zero attached hydrogens (tertiary/aromatic N) is 1. The second kappa shape index (κ2) is 5.10. The van der Waals surface area contributed by atoms with Crippen molar-refractivity contribution >= 4 is 18.8 Å². The minimum atomic E-state index is -1.04. The first kappa shape index (κ1) is 14.3. The molecule has 0 aliphatic carbocycles. The molecule has 0 aromatic heterocycles. The van der Waals surface area contributed by atoms with Gasteiger partial charge in [0, 0.05) is 5.56 Å². The summed E-state index contributed by atoms with van der Waals surface area (Å²) in [5.74, 6) is 0. The fourth-order valence-corrected chi connectivity index (χ4v) is 5.91. The largest absolute Gasteiger partial charge is 0.328 e. The van der Waals surface area contributed by atoms with Crippen LogP contribution >= 0.6 is 0 Å². The Hall–Kier alpha value is -1.12. The van der Waals surface area contributed by atoms with E-state index in [1.165, 1.54) is 22.5 Å². The van der Waals surface area contributed by atoms with Crippen molar-refractivity contribution in [3.63, 3.8) is 0 Å². The van der Waals surface area contributed by atoms with Gasteiger partial charge in [-0.05, 0) is 10.8 Å². The van der Waals surface area contributed by atoms with Gasteiger partial charge in [-0.3, -0.25) is 0 Å². The van der Waals surface area contributed by atoms with E-state index in [0.717, 1.165) is 11.0 Å². The normalized spacial score (nSPS) is 12.9. The zero-order valence-corrected chi connectivity index (χ0v) is 13.9. The van der Waals surface area contributed by atoms with Crippen LogP contribution in [0.1, 0.15) is 5.56 Å². The maximum atomic E-state index is 2.45. The molecule has 19 heavy (non-hydrogen) atoms. The van der Waals surface area contributed by atoms with Crippen LogP contribution < -0.4 is 0 Å². The van der Waals surface area contributed by atoms with Crippen LogP contribution in [-0.4, -0.2) is 32.8 Å². The Balaban J connectivity index is 2.31. The third-order valence-corrected chi connectivity index (χ3v) is 5.19. The lowest BCUT2D eigenvalue weighted by Crippen LogP contribution is -2.49. The van der Waals surface area contributed by atoms with Gasteiger partial charge in [-0.25, -0.2) is 0 Å². The molecule has 0 saturated heterocycles. The van der Waals surface area contributed by atoms with Gasteiger partial charge in [-0.2, -0.15) is 0 Å². The highest BCUT2D eigenvalue weighted by Gasteiger charge is 2.26. The van der Waals surface area contributed by atoms with Crippen molar-refractivity contribution in [1.29, 1.82) is 0 Å². The van der Waals surface area contributed by atoms with Crippen LogP contribution in [0.4, 0.5) is 0 Å². The molecule has 2 rings (SSSR count). The molecule has 0 fully saturated rings. The average molecular weight is 272 g/mol. The number of rotatable bonds is 4. The van der Waals surface area contributed by atoms with Crippen LogP contribution in [0.25, 0.3) is 10.8 Å². The molecule has 102 valence electrons. The molecule has 0 bridgehead atoms. The van der Waals surface area contributed by atoms with Crippen molar-refractivity contribution < 1.29 is 4.48 Å². The Morgan fingerprint density at radius 3 is 2.21 bits per heavy atom. The zero-order valence-electron chi connectivity index (χ0n) is 12.9. The second-order valence-electron chi connectivity index (χ2n) is 7.45. The molecular weight excluding hydrogens is 246 g/mol. The summed E-state index contributed by atoms with van der Waals surface area (Å²) in [5, 5.41) is 2.76. The molecule has 0 radical (unpaired) electrons. The summed E-state index contributed by atoms with van der Waals surface area (Å²) in [4.78, 5) is 0. The van der Waals surface area contributed by atoms with Crippen molar-refractivity contribution in [2.24, 2.45) is 0 Å². The van der Waals surface area contributed by atoms with E-state index in [1.54, 1.807) is 0 Å². The summed E-state index contributed by atoms with van der Waals surface area (Å²) in [7, 11) is 3.68. The highest BCUT2D eigenvalue weighted by Crippen LogP contribution is 2.22. The predicted molar refractivity (Wildman–Crippen MR) is 88.0 cm³/mol. The molecular formula is C17H26NSi+. The van der Waals surface area contributed by atoms with Gasteiger partial charge in [0.25, 0.3) is 0 Å². The van der Waals surface area contributed by atoms with Crippen LogP contribution in [0.15, 0.2) is 42.5 Å². The highest BCUT2D eigenvalue weighted by atomic mass is 28.3. The van der Waals surface area contributed by atoms with E-state index in [4.69, 9.17) is 0 Å². The molecule has 0 aliphatic rings. The molecule has 0 unspecified atom stereocenters. The summed E-state index contributed by atoms with van der Waals surface area (Å²) in [6.07, 6.45) is 1.32. The predicted octanol–water partition coefficient (Wildman–Crippen LogP) is 4.29. The van der Waals surface area contributed by atoms with Gasteiger partial charge in [0.1, 0.15) is 14.6 Å². The lowest BCUT2D eigenvalue weighted by atomic mass is 10.0. The highest BCUT2D eigenvalue weighted by molar-refractivity contribution is 6.75. The lowest BCUT2D eigenvalue weighted by molar-refractivity contribution is -0.894.